The molecule has 62 valence electrons. The molecule has 0 unspecified atom stereocenters. The van der Waals surface area contributed by atoms with Crippen LogP contribution in [0.5, 0.6) is 0 Å². The second kappa shape index (κ2) is 3.53. The average molecular weight is 153 g/mol. The summed E-state index contributed by atoms with van der Waals surface area (Å²) in [6, 6.07) is 0. The molecule has 0 aliphatic heterocycles. The van der Waals surface area contributed by atoms with Crippen molar-refractivity contribution in [1.29, 1.82) is 0 Å². The molecule has 3 heteroatoms. The Morgan fingerprint density at radius 2 is 2.36 bits per heavy atom. The molecule has 1 aromatic rings. The minimum absolute atomic E-state index is 0.675. The summed E-state index contributed by atoms with van der Waals surface area (Å²) in [6.45, 7) is 2.80. The van der Waals surface area contributed by atoms with Crippen molar-refractivity contribution < 1.29 is 0 Å². The predicted molar refractivity (Wildman–Crippen MR) is 45.3 cm³/mol. The fourth-order valence-corrected chi connectivity index (χ4v) is 1.18. The van der Waals surface area contributed by atoms with E-state index in [2.05, 4.69) is 16.5 Å². The highest BCUT2D eigenvalue weighted by atomic mass is 15.1. The van der Waals surface area contributed by atoms with Gasteiger partial charge in [0.15, 0.2) is 0 Å². The van der Waals surface area contributed by atoms with Crippen molar-refractivity contribution in [3.63, 3.8) is 0 Å². The van der Waals surface area contributed by atoms with E-state index >= 15 is 0 Å². The Labute approximate surface area is 67.2 Å². The molecule has 0 spiro atoms. The fraction of sp³-hybridized carbons (Fsp3) is 0.625. The molecule has 1 rings (SSSR count). The van der Waals surface area contributed by atoms with Gasteiger partial charge in [-0.15, -0.1) is 0 Å². The zero-order chi connectivity index (χ0) is 8.27. The highest BCUT2D eigenvalue weighted by Crippen LogP contribution is 2.03. The largest absolute Gasteiger partial charge is 0.335 e. The van der Waals surface area contributed by atoms with Gasteiger partial charge in [-0.1, -0.05) is 6.92 Å². The van der Waals surface area contributed by atoms with Gasteiger partial charge < -0.3 is 10.3 Å². The monoisotopic (exact) mass is 153 g/mol. The lowest BCUT2D eigenvalue weighted by atomic mass is 10.3. The van der Waals surface area contributed by atoms with Crippen molar-refractivity contribution in [1.82, 2.24) is 9.55 Å². The van der Waals surface area contributed by atoms with Gasteiger partial charge >= 0.3 is 0 Å². The molecule has 1 heterocycles. The molecule has 0 aromatic carbocycles. The van der Waals surface area contributed by atoms with Crippen molar-refractivity contribution in [3.05, 3.63) is 17.7 Å². The van der Waals surface area contributed by atoms with Crippen molar-refractivity contribution in [2.75, 3.05) is 6.54 Å². The Kier molecular flexibility index (Phi) is 2.65. The quantitative estimate of drug-likeness (QED) is 0.686. The molecule has 0 saturated carbocycles. The van der Waals surface area contributed by atoms with Crippen LogP contribution < -0.4 is 5.73 Å². The SMILES string of the molecule is CCc1cnc(CCN)n1C. The Balaban J connectivity index is 2.82. The summed E-state index contributed by atoms with van der Waals surface area (Å²) < 4.78 is 2.12. The molecular weight excluding hydrogens is 138 g/mol. The lowest BCUT2D eigenvalue weighted by molar-refractivity contribution is 0.745. The molecule has 0 atom stereocenters. The van der Waals surface area contributed by atoms with Gasteiger partial charge in [0.05, 0.1) is 0 Å². The Morgan fingerprint density at radius 3 is 2.82 bits per heavy atom. The van der Waals surface area contributed by atoms with E-state index in [0.29, 0.717) is 6.54 Å². The smallest absolute Gasteiger partial charge is 0.109 e. The van der Waals surface area contributed by atoms with Crippen molar-refractivity contribution >= 4 is 0 Å². The molecule has 2 N–H and O–H groups in total. The number of aryl methyl sites for hydroxylation is 1. The summed E-state index contributed by atoms with van der Waals surface area (Å²) in [4.78, 5) is 4.26. The minimum atomic E-state index is 0.675. The van der Waals surface area contributed by atoms with Crippen LogP contribution in [-0.2, 0) is 19.9 Å². The molecule has 3 nitrogen and oxygen atoms in total. The maximum absolute atomic E-state index is 5.43. The number of nitrogens with two attached hydrogens (primary N) is 1. The summed E-state index contributed by atoms with van der Waals surface area (Å²) in [6.07, 6.45) is 3.83. The summed E-state index contributed by atoms with van der Waals surface area (Å²) in [7, 11) is 2.04. The van der Waals surface area contributed by atoms with Crippen LogP contribution in [-0.4, -0.2) is 16.1 Å². The molecule has 0 radical (unpaired) electrons. The van der Waals surface area contributed by atoms with Gasteiger partial charge in [0.1, 0.15) is 5.82 Å². The van der Waals surface area contributed by atoms with E-state index in [-0.39, 0.29) is 0 Å². The summed E-state index contributed by atoms with van der Waals surface area (Å²) >= 11 is 0. The van der Waals surface area contributed by atoms with E-state index in [1.165, 1.54) is 5.69 Å². The lowest BCUT2D eigenvalue weighted by Gasteiger charge is -2.01. The number of rotatable bonds is 3. The molecule has 0 bridgehead atoms. The van der Waals surface area contributed by atoms with E-state index < -0.39 is 0 Å². The Bertz CT molecular complexity index is 227. The van der Waals surface area contributed by atoms with Crippen LogP contribution in [0.15, 0.2) is 6.20 Å². The lowest BCUT2D eigenvalue weighted by Crippen LogP contribution is -2.08. The van der Waals surface area contributed by atoms with Crippen molar-refractivity contribution in [2.24, 2.45) is 12.8 Å². The summed E-state index contributed by atoms with van der Waals surface area (Å²) in [5.74, 6) is 1.09. The van der Waals surface area contributed by atoms with Gasteiger partial charge in [-0.3, -0.25) is 0 Å². The third-order valence-corrected chi connectivity index (χ3v) is 1.91. The molecular formula is C8H15N3. The van der Waals surface area contributed by atoms with E-state index in [9.17, 15) is 0 Å². The van der Waals surface area contributed by atoms with E-state index in [4.69, 9.17) is 5.73 Å². The second-order valence-electron chi connectivity index (χ2n) is 2.62. The highest BCUT2D eigenvalue weighted by molar-refractivity contribution is 5.04. The molecule has 0 saturated heterocycles. The average Bonchev–Trinajstić information content (AvgIpc) is 2.34. The van der Waals surface area contributed by atoms with Gasteiger partial charge in [0, 0.05) is 25.4 Å². The van der Waals surface area contributed by atoms with Gasteiger partial charge in [0.2, 0.25) is 0 Å². The maximum Gasteiger partial charge on any atom is 0.109 e. The normalized spacial score (nSPS) is 10.5. The first kappa shape index (κ1) is 8.27. The molecule has 0 aliphatic carbocycles. The van der Waals surface area contributed by atoms with Gasteiger partial charge in [-0.05, 0) is 13.0 Å². The zero-order valence-corrected chi connectivity index (χ0v) is 7.17. The van der Waals surface area contributed by atoms with E-state index in [0.717, 1.165) is 18.7 Å². The number of hydrogen-bond acceptors (Lipinski definition) is 2. The topological polar surface area (TPSA) is 43.8 Å². The third kappa shape index (κ3) is 1.60. The maximum atomic E-state index is 5.43. The number of aromatic nitrogens is 2. The van der Waals surface area contributed by atoms with E-state index in [1.807, 2.05) is 13.2 Å². The van der Waals surface area contributed by atoms with Crippen LogP contribution in [0.2, 0.25) is 0 Å². The molecule has 1 aromatic heterocycles. The van der Waals surface area contributed by atoms with Crippen LogP contribution in [0.3, 0.4) is 0 Å². The van der Waals surface area contributed by atoms with Crippen molar-refractivity contribution in [3.8, 4) is 0 Å². The molecule has 11 heavy (non-hydrogen) atoms. The van der Waals surface area contributed by atoms with Gasteiger partial charge in [-0.2, -0.15) is 0 Å². The van der Waals surface area contributed by atoms with Crippen molar-refractivity contribution in [2.45, 2.75) is 19.8 Å². The van der Waals surface area contributed by atoms with Gasteiger partial charge in [0.25, 0.3) is 0 Å². The van der Waals surface area contributed by atoms with Crippen LogP contribution in [0, 0.1) is 0 Å². The van der Waals surface area contributed by atoms with Gasteiger partial charge in [-0.25, -0.2) is 4.98 Å². The number of nitrogens with zero attached hydrogens (tertiary/aromatic N) is 2. The fourth-order valence-electron chi connectivity index (χ4n) is 1.18. The van der Waals surface area contributed by atoms with Crippen LogP contribution >= 0.6 is 0 Å². The molecule has 0 aliphatic rings. The molecule has 0 amide bonds. The Morgan fingerprint density at radius 1 is 1.64 bits per heavy atom. The number of hydrogen-bond donors (Lipinski definition) is 1. The standard InChI is InChI=1S/C8H15N3/c1-3-7-6-10-8(4-5-9)11(7)2/h6H,3-5,9H2,1-2H3. The second-order valence-corrected chi connectivity index (χ2v) is 2.62. The van der Waals surface area contributed by atoms with Crippen LogP contribution in [0.1, 0.15) is 18.4 Å². The Hall–Kier alpha value is -0.830. The first-order valence-electron chi connectivity index (χ1n) is 3.99. The third-order valence-electron chi connectivity index (χ3n) is 1.91. The van der Waals surface area contributed by atoms with Crippen LogP contribution in [0.25, 0.3) is 0 Å². The van der Waals surface area contributed by atoms with Crippen LogP contribution in [0.4, 0.5) is 0 Å². The summed E-state index contributed by atoms with van der Waals surface area (Å²) in [5, 5.41) is 0. The number of imidazole rings is 1. The molecule has 0 fully saturated rings. The first-order valence-corrected chi connectivity index (χ1v) is 3.99. The zero-order valence-electron chi connectivity index (χ0n) is 7.17. The minimum Gasteiger partial charge on any atom is -0.335 e. The highest BCUT2D eigenvalue weighted by Gasteiger charge is 2.02. The first-order chi connectivity index (χ1) is 5.29. The summed E-state index contributed by atoms with van der Waals surface area (Å²) in [5.41, 5.74) is 6.70. The predicted octanol–water partition coefficient (Wildman–Crippen LogP) is 0.484. The van der Waals surface area contributed by atoms with E-state index in [1.54, 1.807) is 0 Å².